The first-order valence-electron chi connectivity index (χ1n) is 32.1. The van der Waals surface area contributed by atoms with Crippen molar-refractivity contribution in [2.24, 2.45) is 0 Å². The zero-order valence-electron chi connectivity index (χ0n) is 51.2. The number of benzene rings is 17. The van der Waals surface area contributed by atoms with Crippen LogP contribution in [-0.2, 0) is 0 Å². The summed E-state index contributed by atoms with van der Waals surface area (Å²) in [6.07, 6.45) is 0. The summed E-state index contributed by atoms with van der Waals surface area (Å²) in [6, 6.07) is 126. The summed E-state index contributed by atoms with van der Waals surface area (Å²) >= 11 is 0. The Hall–Kier alpha value is -12.5. The van der Waals surface area contributed by atoms with Crippen LogP contribution in [0.4, 0.5) is 34.1 Å². The van der Waals surface area contributed by atoms with Crippen molar-refractivity contribution in [3.8, 4) is 33.4 Å². The highest BCUT2D eigenvalue weighted by atomic mass is 16.3. The van der Waals surface area contributed by atoms with Gasteiger partial charge in [-0.15, -0.1) is 0 Å². The van der Waals surface area contributed by atoms with E-state index in [2.05, 4.69) is 337 Å². The summed E-state index contributed by atoms with van der Waals surface area (Å²) in [7, 11) is 0. The van der Waals surface area contributed by atoms with Crippen molar-refractivity contribution in [2.75, 3.05) is 9.80 Å². The topological polar surface area (TPSA) is 32.8 Å². The average Bonchev–Trinajstić information content (AvgIpc) is 1.55. The highest BCUT2D eigenvalue weighted by Crippen LogP contribution is 2.45. The molecule has 0 aliphatic rings. The van der Waals surface area contributed by atoms with Crippen molar-refractivity contribution >= 4 is 143 Å². The fourth-order valence-electron chi connectivity index (χ4n) is 14.1. The molecule has 2 aromatic heterocycles. The van der Waals surface area contributed by atoms with Gasteiger partial charge in [0.25, 0.3) is 0 Å². The third-order valence-corrected chi connectivity index (χ3v) is 18.9. The van der Waals surface area contributed by atoms with Crippen LogP contribution < -0.4 is 9.80 Å². The van der Waals surface area contributed by atoms with Gasteiger partial charge >= 0.3 is 0 Å². The van der Waals surface area contributed by atoms with Gasteiger partial charge in [-0.05, 0) is 185 Å². The molecule has 0 N–H and O–H groups in total. The van der Waals surface area contributed by atoms with Crippen LogP contribution >= 0.6 is 0 Å². The van der Waals surface area contributed by atoms with Crippen LogP contribution in [0.5, 0.6) is 0 Å². The van der Waals surface area contributed by atoms with Crippen LogP contribution in [0.3, 0.4) is 0 Å². The Labute approximate surface area is 543 Å². The molecule has 440 valence electrons. The molecule has 0 spiro atoms. The van der Waals surface area contributed by atoms with Crippen LogP contribution in [-0.4, -0.2) is 0 Å². The Kier molecular flexibility index (Phi) is 13.2. The van der Waals surface area contributed by atoms with Crippen LogP contribution in [0.2, 0.25) is 0 Å². The number of para-hydroxylation sites is 2. The molecule has 0 aliphatic carbocycles. The summed E-state index contributed by atoms with van der Waals surface area (Å²) in [6.45, 7) is 0. The Balaban J connectivity index is 0.000000139. The fourth-order valence-corrected chi connectivity index (χ4v) is 14.1. The molecule has 0 fully saturated rings. The van der Waals surface area contributed by atoms with E-state index in [0.717, 1.165) is 99.5 Å². The highest BCUT2D eigenvalue weighted by molar-refractivity contribution is 6.17. The van der Waals surface area contributed by atoms with E-state index < -0.39 is 0 Å². The number of hydrogen-bond donors (Lipinski definition) is 0. The van der Waals surface area contributed by atoms with Crippen LogP contribution in [0.15, 0.2) is 361 Å². The molecule has 4 heteroatoms. The molecule has 0 bridgehead atoms. The molecule has 0 radical (unpaired) electrons. The van der Waals surface area contributed by atoms with Gasteiger partial charge in [-0.1, -0.05) is 249 Å². The second-order valence-corrected chi connectivity index (χ2v) is 24.4. The molecule has 17 aromatic carbocycles. The zero-order chi connectivity index (χ0) is 62.1. The summed E-state index contributed by atoms with van der Waals surface area (Å²) < 4.78 is 12.9. The van der Waals surface area contributed by atoms with Crippen LogP contribution in [0, 0.1) is 0 Å². The fraction of sp³-hybridized carbons (Fsp3) is 0. The smallest absolute Gasteiger partial charge is 0.143 e. The summed E-state index contributed by atoms with van der Waals surface area (Å²) in [5.74, 6) is 0. The van der Waals surface area contributed by atoms with Crippen molar-refractivity contribution in [1.29, 1.82) is 0 Å². The minimum Gasteiger partial charge on any atom is -0.455 e. The van der Waals surface area contributed by atoms with Crippen molar-refractivity contribution in [3.05, 3.63) is 352 Å². The van der Waals surface area contributed by atoms with Crippen LogP contribution in [0.25, 0.3) is 142 Å². The Bertz CT molecular complexity index is 5990. The van der Waals surface area contributed by atoms with E-state index in [-0.39, 0.29) is 0 Å². The van der Waals surface area contributed by atoms with Gasteiger partial charge in [-0.25, -0.2) is 0 Å². The third-order valence-electron chi connectivity index (χ3n) is 18.9. The molecule has 0 amide bonds. The summed E-state index contributed by atoms with van der Waals surface area (Å²) in [5, 5.41) is 19.0. The second kappa shape index (κ2) is 22.8. The van der Waals surface area contributed by atoms with E-state index in [1.165, 1.54) is 76.5 Å². The molecule has 0 aliphatic heterocycles. The molecule has 0 saturated carbocycles. The van der Waals surface area contributed by atoms with E-state index in [0.29, 0.717) is 0 Å². The van der Waals surface area contributed by atoms with Gasteiger partial charge in [0.15, 0.2) is 0 Å². The maximum absolute atomic E-state index is 6.48. The lowest BCUT2D eigenvalue weighted by Crippen LogP contribution is -2.10. The van der Waals surface area contributed by atoms with Crippen molar-refractivity contribution < 1.29 is 8.83 Å². The minimum absolute atomic E-state index is 0.908. The minimum atomic E-state index is 0.908. The maximum atomic E-state index is 6.48. The number of fused-ring (bicyclic) bond motifs is 14. The number of hydrogen-bond acceptors (Lipinski definition) is 4. The van der Waals surface area contributed by atoms with Crippen molar-refractivity contribution in [2.45, 2.75) is 0 Å². The van der Waals surface area contributed by atoms with E-state index in [1.54, 1.807) is 0 Å². The lowest BCUT2D eigenvalue weighted by Gasteiger charge is -2.27. The van der Waals surface area contributed by atoms with E-state index in [4.69, 9.17) is 8.83 Å². The largest absolute Gasteiger partial charge is 0.455 e. The van der Waals surface area contributed by atoms with E-state index >= 15 is 0 Å². The molecule has 94 heavy (non-hydrogen) atoms. The van der Waals surface area contributed by atoms with Gasteiger partial charge < -0.3 is 18.6 Å². The van der Waals surface area contributed by atoms with Gasteiger partial charge in [0, 0.05) is 66.1 Å². The van der Waals surface area contributed by atoms with Gasteiger partial charge in [-0.3, -0.25) is 0 Å². The number of rotatable bonds is 9. The lowest BCUT2D eigenvalue weighted by molar-refractivity contribution is 0.672. The number of furan rings is 2. The molecule has 19 aromatic rings. The normalized spacial score (nSPS) is 11.6. The highest BCUT2D eigenvalue weighted by Gasteiger charge is 2.21. The summed E-state index contributed by atoms with van der Waals surface area (Å²) in [5.41, 5.74) is 17.5. The molecule has 19 rings (SSSR count). The quantitative estimate of drug-likeness (QED) is 0.144. The number of nitrogens with zero attached hydrogens (tertiary/aromatic N) is 2. The Morgan fingerprint density at radius 3 is 1.06 bits per heavy atom. The molecule has 4 nitrogen and oxygen atoms in total. The molecule has 0 atom stereocenters. The standard InChI is InChI=1S/C48H31NO.C42H27NO/c1-3-9-37-29-39(15-13-32(37)7-1)34-17-23-41(24-18-34)49(42-25-19-35(20-26-42)40-16-14-33-8-2-4-10-38(33)30-40)43-27-21-36-22-28-45-44-11-5-6-12-47(44)50-48(45)46(36)31-43;1-3-13-34-28(9-1)11-7-16-35(34)30-19-23-32(24-20-30)43(40-17-8-12-29-10-2-4-14-36(29)40)33-25-21-31-22-26-38-37-15-5-6-18-41(37)44-42(38)39(31)27-33/h1-31H;1-27H. The predicted octanol–water partition coefficient (Wildman–Crippen LogP) is 26.0. The number of anilines is 6. The van der Waals surface area contributed by atoms with Gasteiger partial charge in [0.1, 0.15) is 22.3 Å². The van der Waals surface area contributed by atoms with E-state index in [9.17, 15) is 0 Å². The average molecular weight is 1200 g/mol. The van der Waals surface area contributed by atoms with Gasteiger partial charge in [0.05, 0.1) is 5.69 Å². The van der Waals surface area contributed by atoms with Crippen molar-refractivity contribution in [1.82, 2.24) is 0 Å². The van der Waals surface area contributed by atoms with Gasteiger partial charge in [-0.2, -0.15) is 0 Å². The monoisotopic (exact) mass is 1200 g/mol. The van der Waals surface area contributed by atoms with Crippen LogP contribution in [0.1, 0.15) is 0 Å². The SMILES string of the molecule is c1ccc2c(-c3ccc(N(c4ccc5ccc6c7ccccc7oc6c5c4)c4cccc5ccccc45)cc3)cccc2c1.c1ccc2cc(-c3ccc(N(c4ccc(-c5ccc6ccccc6c5)cc4)c4ccc5ccc6c7ccccc7oc6c5c4)cc3)ccc2c1. The molecular formula is C90H58N2O2. The first-order valence-corrected chi connectivity index (χ1v) is 32.1. The Morgan fingerprint density at radius 2 is 0.532 bits per heavy atom. The lowest BCUT2D eigenvalue weighted by atomic mass is 9.98. The molecular weight excluding hydrogens is 1140 g/mol. The zero-order valence-corrected chi connectivity index (χ0v) is 51.2. The molecule has 0 saturated heterocycles. The molecule has 2 heterocycles. The predicted molar refractivity (Wildman–Crippen MR) is 398 cm³/mol. The van der Waals surface area contributed by atoms with E-state index in [1.807, 2.05) is 24.3 Å². The van der Waals surface area contributed by atoms with Gasteiger partial charge in [0.2, 0.25) is 0 Å². The first-order chi connectivity index (χ1) is 46.6. The maximum Gasteiger partial charge on any atom is 0.143 e. The first kappa shape index (κ1) is 54.4. The summed E-state index contributed by atoms with van der Waals surface area (Å²) in [4.78, 5) is 4.71. The second-order valence-electron chi connectivity index (χ2n) is 24.4. The van der Waals surface area contributed by atoms with Crippen molar-refractivity contribution in [3.63, 3.8) is 0 Å². The third kappa shape index (κ3) is 9.63. The Morgan fingerprint density at radius 1 is 0.181 bits per heavy atom. The molecule has 0 unspecified atom stereocenters.